The van der Waals surface area contributed by atoms with Crippen LogP contribution in [0, 0.1) is 12.8 Å². The number of hydrogen-bond donors (Lipinski definition) is 2. The van der Waals surface area contributed by atoms with Crippen LogP contribution in [-0.4, -0.2) is 35.7 Å². The van der Waals surface area contributed by atoms with Gasteiger partial charge in [-0.2, -0.15) is 0 Å². The number of amides is 2. The van der Waals surface area contributed by atoms with Crippen LogP contribution >= 0.6 is 15.9 Å². The molecule has 2 unspecified atom stereocenters. The van der Waals surface area contributed by atoms with E-state index >= 15 is 0 Å². The van der Waals surface area contributed by atoms with E-state index in [1.165, 1.54) is 12.1 Å². The highest BCUT2D eigenvalue weighted by atomic mass is 79.9. The molecule has 0 saturated heterocycles. The molecule has 2 heterocycles. The number of hydrazine groups is 1. The number of benzene rings is 3. The monoisotopic (exact) mass is 622 g/mol. The minimum Gasteiger partial charge on any atom is -0.348 e. The number of halogens is 1. The fourth-order valence-electron chi connectivity index (χ4n) is 5.51. The minimum atomic E-state index is -4.03. The average molecular weight is 624 g/mol. The molecule has 1 aliphatic rings. The van der Waals surface area contributed by atoms with Gasteiger partial charge in [-0.05, 0) is 61.2 Å². The van der Waals surface area contributed by atoms with Crippen LogP contribution < -0.4 is 10.3 Å². The lowest BCUT2D eigenvalue weighted by atomic mass is 9.93. The van der Waals surface area contributed by atoms with Crippen molar-refractivity contribution < 1.29 is 18.0 Å². The molecule has 0 radical (unpaired) electrons. The van der Waals surface area contributed by atoms with Gasteiger partial charge in [-0.25, -0.2) is 8.42 Å². The van der Waals surface area contributed by atoms with Crippen molar-refractivity contribution in [3.63, 3.8) is 0 Å². The number of hydrogen-bond acceptors (Lipinski definition) is 4. The predicted molar refractivity (Wildman–Crippen MR) is 158 cm³/mol. The van der Waals surface area contributed by atoms with E-state index in [9.17, 15) is 18.0 Å². The standard InChI is InChI=1S/C30H31BrN4O4S/c1-18(2)17-26(29(36)32-33-40(38,39)21-15-13-20(31)14-16-21)35-28(22-9-5-6-10-23(22)30(35)37)27-19(3)34(4)25-12-8-7-11-24(25)27/h5-16,18,26,28,33H,17H2,1-4H3,(H,32,36). The third-order valence-corrected chi connectivity index (χ3v) is 9.28. The van der Waals surface area contributed by atoms with Crippen molar-refractivity contribution >= 4 is 48.7 Å². The highest BCUT2D eigenvalue weighted by molar-refractivity contribution is 9.10. The molecule has 1 aromatic heterocycles. The summed E-state index contributed by atoms with van der Waals surface area (Å²) in [6, 6.07) is 20.1. The number of nitrogens with zero attached hydrogens (tertiary/aromatic N) is 2. The Morgan fingerprint density at radius 3 is 2.35 bits per heavy atom. The molecule has 0 aliphatic carbocycles. The number of fused-ring (bicyclic) bond motifs is 2. The normalized spacial score (nSPS) is 16.0. The Balaban J connectivity index is 1.57. The summed E-state index contributed by atoms with van der Waals surface area (Å²) in [5.74, 6) is -0.812. The smallest absolute Gasteiger partial charge is 0.257 e. The predicted octanol–water partition coefficient (Wildman–Crippen LogP) is 5.22. The zero-order valence-corrected chi connectivity index (χ0v) is 25.1. The van der Waals surface area contributed by atoms with Gasteiger partial charge in [0.05, 0.1) is 10.9 Å². The van der Waals surface area contributed by atoms with Crippen LogP contribution in [0.3, 0.4) is 0 Å². The summed E-state index contributed by atoms with van der Waals surface area (Å²) in [6.07, 6.45) is 0.339. The number of carbonyl (C=O) groups excluding carboxylic acids is 2. The highest BCUT2D eigenvalue weighted by Crippen LogP contribution is 2.45. The zero-order valence-electron chi connectivity index (χ0n) is 22.7. The number of aromatic nitrogens is 1. The third-order valence-electron chi connectivity index (χ3n) is 7.49. The first-order chi connectivity index (χ1) is 19.0. The van der Waals surface area contributed by atoms with E-state index < -0.39 is 28.0 Å². The van der Waals surface area contributed by atoms with Gasteiger partial charge < -0.3 is 9.47 Å². The summed E-state index contributed by atoms with van der Waals surface area (Å²) in [5, 5.41) is 1.00. The molecule has 0 spiro atoms. The van der Waals surface area contributed by atoms with Gasteiger partial charge in [0.1, 0.15) is 6.04 Å². The molecule has 1 aliphatic heterocycles. The first-order valence-corrected chi connectivity index (χ1v) is 15.3. The van der Waals surface area contributed by atoms with Crippen molar-refractivity contribution in [1.29, 1.82) is 0 Å². The molecule has 3 aromatic carbocycles. The Hall–Kier alpha value is -3.47. The summed E-state index contributed by atoms with van der Waals surface area (Å²) in [5.41, 5.74) is 6.73. The second kappa shape index (κ2) is 10.8. The number of nitrogens with one attached hydrogen (secondary N) is 2. The number of sulfonamides is 1. The number of rotatable bonds is 8. The summed E-state index contributed by atoms with van der Waals surface area (Å²) in [6.45, 7) is 5.96. The number of carbonyl (C=O) groups is 2. The van der Waals surface area contributed by atoms with Crippen molar-refractivity contribution in [1.82, 2.24) is 19.7 Å². The third kappa shape index (κ3) is 4.95. The van der Waals surface area contributed by atoms with Crippen molar-refractivity contribution in [3.05, 3.63) is 99.7 Å². The molecule has 2 N–H and O–H groups in total. The van der Waals surface area contributed by atoms with Crippen molar-refractivity contribution in [3.8, 4) is 0 Å². The molecule has 208 valence electrons. The Bertz CT molecular complexity index is 1710. The van der Waals surface area contributed by atoms with Gasteiger partial charge in [-0.3, -0.25) is 15.0 Å². The van der Waals surface area contributed by atoms with Gasteiger partial charge in [0.25, 0.3) is 21.8 Å². The Morgan fingerprint density at radius 1 is 1.00 bits per heavy atom. The number of para-hydroxylation sites is 1. The lowest BCUT2D eigenvalue weighted by molar-refractivity contribution is -0.127. The lowest BCUT2D eigenvalue weighted by Crippen LogP contribution is -2.53. The summed E-state index contributed by atoms with van der Waals surface area (Å²) in [4.78, 5) is 31.6. The molecular weight excluding hydrogens is 592 g/mol. The second-order valence-electron chi connectivity index (χ2n) is 10.5. The molecule has 40 heavy (non-hydrogen) atoms. The van der Waals surface area contributed by atoms with Gasteiger partial charge >= 0.3 is 0 Å². The minimum absolute atomic E-state index is 0.00493. The molecule has 8 nitrogen and oxygen atoms in total. The van der Waals surface area contributed by atoms with Gasteiger partial charge in [0, 0.05) is 39.2 Å². The SMILES string of the molecule is Cc1c(C2c3ccccc3C(=O)N2C(CC(C)C)C(=O)NNS(=O)(=O)c2ccc(Br)cc2)c2ccccc2n1C. The molecule has 10 heteroatoms. The van der Waals surface area contributed by atoms with Crippen LogP contribution in [0.15, 0.2) is 82.2 Å². The van der Waals surface area contributed by atoms with Crippen LogP contribution in [0.25, 0.3) is 10.9 Å². The lowest BCUT2D eigenvalue weighted by Gasteiger charge is -2.34. The van der Waals surface area contributed by atoms with Crippen LogP contribution in [0.2, 0.25) is 0 Å². The maximum Gasteiger partial charge on any atom is 0.257 e. The van der Waals surface area contributed by atoms with E-state index in [2.05, 4.69) is 30.8 Å². The van der Waals surface area contributed by atoms with Gasteiger partial charge in [0.2, 0.25) is 0 Å². The van der Waals surface area contributed by atoms with Crippen molar-refractivity contribution in [2.75, 3.05) is 0 Å². The van der Waals surface area contributed by atoms with E-state index in [4.69, 9.17) is 0 Å². The maximum atomic E-state index is 14.0. The summed E-state index contributed by atoms with van der Waals surface area (Å²) >= 11 is 3.29. The van der Waals surface area contributed by atoms with E-state index in [1.807, 2.05) is 70.3 Å². The molecule has 5 rings (SSSR count). The molecule has 4 aromatic rings. The molecule has 2 amide bonds. The molecule has 0 saturated carbocycles. The van der Waals surface area contributed by atoms with Gasteiger partial charge in [-0.15, -0.1) is 4.83 Å². The van der Waals surface area contributed by atoms with Gasteiger partial charge in [-0.1, -0.05) is 66.2 Å². The van der Waals surface area contributed by atoms with Gasteiger partial charge in [0.15, 0.2) is 0 Å². The number of aryl methyl sites for hydroxylation is 1. The fraction of sp³-hybridized carbons (Fsp3) is 0.267. The molecule has 0 bridgehead atoms. The summed E-state index contributed by atoms with van der Waals surface area (Å²) in [7, 11) is -2.04. The fourth-order valence-corrected chi connectivity index (χ4v) is 6.63. The molecular formula is C30H31BrN4O4S. The highest BCUT2D eigenvalue weighted by Gasteiger charge is 2.45. The summed E-state index contributed by atoms with van der Waals surface area (Å²) < 4.78 is 28.7. The maximum absolute atomic E-state index is 14.0. The molecule has 0 fully saturated rings. The Kier molecular flexibility index (Phi) is 7.60. The van der Waals surface area contributed by atoms with Crippen LogP contribution in [0.1, 0.15) is 53.5 Å². The van der Waals surface area contributed by atoms with Crippen LogP contribution in [-0.2, 0) is 21.9 Å². The van der Waals surface area contributed by atoms with E-state index in [0.717, 1.165) is 32.2 Å². The molecule has 2 atom stereocenters. The largest absolute Gasteiger partial charge is 0.348 e. The van der Waals surface area contributed by atoms with E-state index in [0.29, 0.717) is 12.0 Å². The first-order valence-electron chi connectivity index (χ1n) is 13.0. The quantitative estimate of drug-likeness (QED) is 0.263. The van der Waals surface area contributed by atoms with E-state index in [1.54, 1.807) is 23.1 Å². The topological polar surface area (TPSA) is 101 Å². The Morgan fingerprint density at radius 2 is 1.65 bits per heavy atom. The zero-order chi connectivity index (χ0) is 28.8. The van der Waals surface area contributed by atoms with Crippen molar-refractivity contribution in [2.45, 2.75) is 44.2 Å². The van der Waals surface area contributed by atoms with Crippen molar-refractivity contribution in [2.24, 2.45) is 13.0 Å². The average Bonchev–Trinajstić information content (AvgIpc) is 3.35. The van der Waals surface area contributed by atoms with E-state index in [-0.39, 0.29) is 16.7 Å². The van der Waals surface area contributed by atoms with Crippen LogP contribution in [0.5, 0.6) is 0 Å². The van der Waals surface area contributed by atoms with Crippen LogP contribution in [0.4, 0.5) is 0 Å². The Labute approximate surface area is 242 Å². The second-order valence-corrected chi connectivity index (χ2v) is 13.1. The first kappa shape index (κ1) is 28.1.